The van der Waals surface area contributed by atoms with E-state index in [0.29, 0.717) is 0 Å². The zero-order valence-electron chi connectivity index (χ0n) is 9.34. The monoisotopic (exact) mass is 223 g/mol. The summed E-state index contributed by atoms with van der Waals surface area (Å²) in [6.45, 7) is 0. The first-order valence-electron chi connectivity index (χ1n) is 5.44. The van der Waals surface area contributed by atoms with Crippen molar-refractivity contribution >= 4 is 17.7 Å². The van der Waals surface area contributed by atoms with Crippen molar-refractivity contribution in [2.75, 3.05) is 5.32 Å². The van der Waals surface area contributed by atoms with E-state index in [9.17, 15) is 4.79 Å². The van der Waals surface area contributed by atoms with E-state index < -0.39 is 0 Å². The van der Waals surface area contributed by atoms with Gasteiger partial charge in [0.2, 0.25) is 5.91 Å². The Morgan fingerprint density at radius 1 is 0.882 bits per heavy atom. The van der Waals surface area contributed by atoms with Crippen LogP contribution in [-0.4, -0.2) is 5.91 Å². The van der Waals surface area contributed by atoms with E-state index in [-0.39, 0.29) is 5.91 Å². The summed E-state index contributed by atoms with van der Waals surface area (Å²) < 4.78 is 0. The summed E-state index contributed by atoms with van der Waals surface area (Å²) in [7, 11) is 0. The summed E-state index contributed by atoms with van der Waals surface area (Å²) in [6.07, 6.45) is 3.32. The highest BCUT2D eigenvalue weighted by Crippen LogP contribution is 2.06. The molecule has 2 aromatic carbocycles. The molecule has 0 aromatic heterocycles. The van der Waals surface area contributed by atoms with Crippen LogP contribution in [0.2, 0.25) is 0 Å². The Balaban J connectivity index is 1.96. The van der Waals surface area contributed by atoms with Gasteiger partial charge in [-0.1, -0.05) is 48.5 Å². The molecule has 1 N–H and O–H groups in total. The lowest BCUT2D eigenvalue weighted by Gasteiger charge is -2.00. The van der Waals surface area contributed by atoms with E-state index in [0.717, 1.165) is 11.3 Å². The molecule has 84 valence electrons. The Kier molecular flexibility index (Phi) is 3.71. The lowest BCUT2D eigenvalue weighted by molar-refractivity contribution is -0.111. The minimum Gasteiger partial charge on any atom is -0.323 e. The summed E-state index contributed by atoms with van der Waals surface area (Å²) in [5.74, 6) is -0.125. The zero-order chi connectivity index (χ0) is 11.9. The van der Waals surface area contributed by atoms with Crippen LogP contribution in [0.1, 0.15) is 5.56 Å². The maximum Gasteiger partial charge on any atom is 0.248 e. The summed E-state index contributed by atoms with van der Waals surface area (Å²) in [5, 5.41) is 2.79. The number of carbonyl (C=O) groups is 1. The third-order valence-electron chi connectivity index (χ3n) is 2.27. The van der Waals surface area contributed by atoms with E-state index in [1.807, 2.05) is 60.7 Å². The lowest BCUT2D eigenvalue weighted by atomic mass is 10.2. The van der Waals surface area contributed by atoms with Gasteiger partial charge in [0.15, 0.2) is 0 Å². The van der Waals surface area contributed by atoms with Gasteiger partial charge in [-0.15, -0.1) is 0 Å². The molecule has 0 fully saturated rings. The molecule has 0 atom stereocenters. The van der Waals surface area contributed by atoms with Crippen LogP contribution >= 0.6 is 0 Å². The fraction of sp³-hybridized carbons (Fsp3) is 0. The number of hydrogen-bond donors (Lipinski definition) is 1. The van der Waals surface area contributed by atoms with E-state index >= 15 is 0 Å². The van der Waals surface area contributed by atoms with Gasteiger partial charge in [0.1, 0.15) is 0 Å². The molecule has 0 radical (unpaired) electrons. The van der Waals surface area contributed by atoms with Crippen molar-refractivity contribution in [1.29, 1.82) is 0 Å². The van der Waals surface area contributed by atoms with Crippen LogP contribution in [0.3, 0.4) is 0 Å². The molecule has 0 aliphatic carbocycles. The average Bonchev–Trinajstić information content (AvgIpc) is 2.39. The first-order chi connectivity index (χ1) is 8.34. The minimum absolute atomic E-state index is 0.125. The van der Waals surface area contributed by atoms with Gasteiger partial charge in [0.05, 0.1) is 0 Å². The number of anilines is 1. The molecule has 0 saturated carbocycles. The maximum atomic E-state index is 11.6. The van der Waals surface area contributed by atoms with Crippen LogP contribution in [0.25, 0.3) is 6.08 Å². The standard InChI is InChI=1S/C15H13NO/c17-15(16-14-9-5-2-6-10-14)12-11-13-7-3-1-4-8-13/h1-12H,(H,16,17)/b12-11-. The highest BCUT2D eigenvalue weighted by molar-refractivity contribution is 6.01. The van der Waals surface area contributed by atoms with Crippen molar-refractivity contribution in [3.8, 4) is 0 Å². The fourth-order valence-electron chi connectivity index (χ4n) is 1.44. The normalized spacial score (nSPS) is 10.4. The Bertz CT molecular complexity index is 503. The van der Waals surface area contributed by atoms with Crippen LogP contribution < -0.4 is 5.32 Å². The quantitative estimate of drug-likeness (QED) is 0.794. The highest BCUT2D eigenvalue weighted by Gasteiger charge is 1.95. The first kappa shape index (κ1) is 11.1. The lowest BCUT2D eigenvalue weighted by Crippen LogP contribution is -2.07. The number of carbonyl (C=O) groups excluding carboxylic acids is 1. The molecule has 2 rings (SSSR count). The second kappa shape index (κ2) is 5.66. The van der Waals surface area contributed by atoms with Crippen molar-refractivity contribution < 1.29 is 4.79 Å². The third-order valence-corrected chi connectivity index (χ3v) is 2.27. The molecule has 0 spiro atoms. The molecular formula is C15H13NO. The maximum absolute atomic E-state index is 11.6. The van der Waals surface area contributed by atoms with Crippen molar-refractivity contribution in [3.05, 3.63) is 72.3 Å². The van der Waals surface area contributed by atoms with Crippen LogP contribution in [0.15, 0.2) is 66.7 Å². The van der Waals surface area contributed by atoms with E-state index in [1.165, 1.54) is 6.08 Å². The predicted octanol–water partition coefficient (Wildman–Crippen LogP) is 3.34. The van der Waals surface area contributed by atoms with Crippen LogP contribution in [-0.2, 0) is 4.79 Å². The molecular weight excluding hydrogens is 210 g/mol. The summed E-state index contributed by atoms with van der Waals surface area (Å²) in [6, 6.07) is 19.1. The highest BCUT2D eigenvalue weighted by atomic mass is 16.1. The molecule has 0 unspecified atom stereocenters. The molecule has 2 aromatic rings. The van der Waals surface area contributed by atoms with Crippen LogP contribution in [0.4, 0.5) is 5.69 Å². The molecule has 2 nitrogen and oxygen atoms in total. The smallest absolute Gasteiger partial charge is 0.248 e. The fourth-order valence-corrected chi connectivity index (χ4v) is 1.44. The van der Waals surface area contributed by atoms with Crippen LogP contribution in [0.5, 0.6) is 0 Å². The van der Waals surface area contributed by atoms with Gasteiger partial charge in [-0.3, -0.25) is 4.79 Å². The number of amides is 1. The van der Waals surface area contributed by atoms with Crippen molar-refractivity contribution in [1.82, 2.24) is 0 Å². The molecule has 0 aliphatic heterocycles. The van der Waals surface area contributed by atoms with E-state index in [1.54, 1.807) is 6.08 Å². The number of rotatable bonds is 3. The van der Waals surface area contributed by atoms with Gasteiger partial charge in [-0.25, -0.2) is 0 Å². The first-order valence-corrected chi connectivity index (χ1v) is 5.44. The van der Waals surface area contributed by atoms with Gasteiger partial charge in [0, 0.05) is 11.8 Å². The third kappa shape index (κ3) is 3.61. The average molecular weight is 223 g/mol. The van der Waals surface area contributed by atoms with Gasteiger partial charge < -0.3 is 5.32 Å². The van der Waals surface area contributed by atoms with Crippen molar-refractivity contribution in [2.24, 2.45) is 0 Å². The molecule has 0 aliphatic rings. The Morgan fingerprint density at radius 3 is 2.12 bits per heavy atom. The second-order valence-corrected chi connectivity index (χ2v) is 3.60. The predicted molar refractivity (Wildman–Crippen MR) is 70.5 cm³/mol. The van der Waals surface area contributed by atoms with Crippen LogP contribution in [0, 0.1) is 0 Å². The summed E-state index contributed by atoms with van der Waals surface area (Å²) in [5.41, 5.74) is 1.81. The number of benzene rings is 2. The number of para-hydroxylation sites is 1. The zero-order valence-corrected chi connectivity index (χ0v) is 9.34. The molecule has 2 heteroatoms. The molecule has 1 amide bonds. The van der Waals surface area contributed by atoms with Gasteiger partial charge in [0.25, 0.3) is 0 Å². The molecule has 0 heterocycles. The molecule has 17 heavy (non-hydrogen) atoms. The molecule has 0 bridgehead atoms. The Hall–Kier alpha value is -2.35. The Labute approximate surface area is 101 Å². The van der Waals surface area contributed by atoms with Crippen molar-refractivity contribution in [3.63, 3.8) is 0 Å². The SMILES string of the molecule is O=C(/C=C\c1ccccc1)Nc1ccccc1. The summed E-state index contributed by atoms with van der Waals surface area (Å²) >= 11 is 0. The summed E-state index contributed by atoms with van der Waals surface area (Å²) in [4.78, 5) is 11.6. The van der Waals surface area contributed by atoms with Crippen molar-refractivity contribution in [2.45, 2.75) is 0 Å². The van der Waals surface area contributed by atoms with Gasteiger partial charge in [-0.2, -0.15) is 0 Å². The molecule has 0 saturated heterocycles. The van der Waals surface area contributed by atoms with E-state index in [4.69, 9.17) is 0 Å². The Morgan fingerprint density at radius 2 is 1.47 bits per heavy atom. The number of hydrogen-bond acceptors (Lipinski definition) is 1. The topological polar surface area (TPSA) is 29.1 Å². The van der Waals surface area contributed by atoms with E-state index in [2.05, 4.69) is 5.32 Å². The van der Waals surface area contributed by atoms with Gasteiger partial charge >= 0.3 is 0 Å². The van der Waals surface area contributed by atoms with Gasteiger partial charge in [-0.05, 0) is 23.8 Å². The second-order valence-electron chi connectivity index (χ2n) is 3.60. The number of nitrogens with one attached hydrogen (secondary N) is 1. The largest absolute Gasteiger partial charge is 0.323 e. The minimum atomic E-state index is -0.125.